The zero-order chi connectivity index (χ0) is 11.9. The van der Waals surface area contributed by atoms with Crippen LogP contribution in [-0.4, -0.2) is 9.78 Å². The molecule has 2 rings (SSSR count). The SMILES string of the molecule is Cc1nn(-c2ccc(N)cc2I)c(C)c1C. The Kier molecular flexibility index (Phi) is 2.92. The number of anilines is 1. The molecular weight excluding hydrogens is 313 g/mol. The number of hydrogen-bond donors (Lipinski definition) is 1. The molecule has 0 fully saturated rings. The lowest BCUT2D eigenvalue weighted by molar-refractivity contribution is 0.829. The van der Waals surface area contributed by atoms with Gasteiger partial charge in [0.05, 0.1) is 11.4 Å². The van der Waals surface area contributed by atoms with E-state index in [2.05, 4.69) is 41.5 Å². The fourth-order valence-corrected chi connectivity index (χ4v) is 2.42. The van der Waals surface area contributed by atoms with E-state index in [9.17, 15) is 0 Å². The van der Waals surface area contributed by atoms with Gasteiger partial charge in [-0.2, -0.15) is 5.10 Å². The smallest absolute Gasteiger partial charge is 0.0783 e. The number of aryl methyl sites for hydroxylation is 1. The van der Waals surface area contributed by atoms with Crippen molar-refractivity contribution in [3.05, 3.63) is 38.7 Å². The zero-order valence-electron chi connectivity index (χ0n) is 9.58. The number of nitrogens with zero attached hydrogens (tertiary/aromatic N) is 2. The monoisotopic (exact) mass is 327 g/mol. The van der Waals surface area contributed by atoms with Crippen molar-refractivity contribution < 1.29 is 0 Å². The minimum absolute atomic E-state index is 0.784. The van der Waals surface area contributed by atoms with Crippen LogP contribution in [0.25, 0.3) is 5.69 Å². The van der Waals surface area contributed by atoms with Gasteiger partial charge in [-0.3, -0.25) is 0 Å². The summed E-state index contributed by atoms with van der Waals surface area (Å²) in [6.07, 6.45) is 0. The van der Waals surface area contributed by atoms with Crippen molar-refractivity contribution in [1.82, 2.24) is 9.78 Å². The first-order valence-electron chi connectivity index (χ1n) is 5.09. The van der Waals surface area contributed by atoms with Gasteiger partial charge in [0.25, 0.3) is 0 Å². The maximum atomic E-state index is 5.74. The fourth-order valence-electron chi connectivity index (χ4n) is 1.65. The van der Waals surface area contributed by atoms with Crippen molar-refractivity contribution in [2.24, 2.45) is 0 Å². The van der Waals surface area contributed by atoms with E-state index in [0.717, 1.165) is 20.6 Å². The summed E-state index contributed by atoms with van der Waals surface area (Å²) < 4.78 is 3.09. The van der Waals surface area contributed by atoms with Gasteiger partial charge in [0.2, 0.25) is 0 Å². The predicted molar refractivity (Wildman–Crippen MR) is 74.9 cm³/mol. The van der Waals surface area contributed by atoms with E-state index in [4.69, 9.17) is 5.73 Å². The summed E-state index contributed by atoms with van der Waals surface area (Å²) in [5.74, 6) is 0. The minimum atomic E-state index is 0.784. The van der Waals surface area contributed by atoms with Gasteiger partial charge >= 0.3 is 0 Å². The van der Waals surface area contributed by atoms with E-state index < -0.39 is 0 Å². The molecule has 84 valence electrons. The summed E-state index contributed by atoms with van der Waals surface area (Å²) in [4.78, 5) is 0. The topological polar surface area (TPSA) is 43.8 Å². The van der Waals surface area contributed by atoms with Crippen LogP contribution in [0.3, 0.4) is 0 Å². The van der Waals surface area contributed by atoms with E-state index in [1.807, 2.05) is 29.8 Å². The number of nitrogens with two attached hydrogens (primary N) is 1. The first-order chi connectivity index (χ1) is 7.50. The van der Waals surface area contributed by atoms with Gasteiger partial charge in [-0.05, 0) is 67.1 Å². The van der Waals surface area contributed by atoms with Crippen molar-refractivity contribution >= 4 is 28.3 Å². The van der Waals surface area contributed by atoms with Crippen LogP contribution in [0.2, 0.25) is 0 Å². The molecule has 0 unspecified atom stereocenters. The third kappa shape index (κ3) is 1.81. The quantitative estimate of drug-likeness (QED) is 0.646. The van der Waals surface area contributed by atoms with Gasteiger partial charge in [0, 0.05) is 15.0 Å². The zero-order valence-corrected chi connectivity index (χ0v) is 11.7. The third-order valence-electron chi connectivity index (χ3n) is 2.85. The average molecular weight is 327 g/mol. The lowest BCUT2D eigenvalue weighted by Crippen LogP contribution is -2.02. The van der Waals surface area contributed by atoms with Crippen LogP contribution in [0.5, 0.6) is 0 Å². The second kappa shape index (κ2) is 4.08. The Bertz CT molecular complexity index is 543. The lowest BCUT2D eigenvalue weighted by Gasteiger charge is -2.07. The Morgan fingerprint density at radius 2 is 1.94 bits per heavy atom. The minimum Gasteiger partial charge on any atom is -0.399 e. The van der Waals surface area contributed by atoms with Gasteiger partial charge in [0.1, 0.15) is 0 Å². The van der Waals surface area contributed by atoms with E-state index >= 15 is 0 Å². The molecule has 16 heavy (non-hydrogen) atoms. The Balaban J connectivity index is 2.63. The van der Waals surface area contributed by atoms with Crippen LogP contribution in [0.15, 0.2) is 18.2 Å². The standard InChI is InChI=1S/C12H14IN3/c1-7-8(2)15-16(9(7)3)12-5-4-10(14)6-11(12)13/h4-6H,14H2,1-3H3. The Hall–Kier alpha value is -1.04. The number of halogens is 1. The van der Waals surface area contributed by atoms with Gasteiger partial charge in [-0.1, -0.05) is 0 Å². The van der Waals surface area contributed by atoms with Crippen molar-refractivity contribution in [3.8, 4) is 5.69 Å². The number of hydrogen-bond acceptors (Lipinski definition) is 2. The molecule has 0 radical (unpaired) electrons. The van der Waals surface area contributed by atoms with Gasteiger partial charge in [0.15, 0.2) is 0 Å². The Labute approximate surface area is 109 Å². The predicted octanol–water partition coefficient (Wildman–Crippen LogP) is 2.98. The third-order valence-corrected chi connectivity index (χ3v) is 3.72. The van der Waals surface area contributed by atoms with Gasteiger partial charge in [-0.15, -0.1) is 0 Å². The van der Waals surface area contributed by atoms with E-state index in [-0.39, 0.29) is 0 Å². The fraction of sp³-hybridized carbons (Fsp3) is 0.250. The van der Waals surface area contributed by atoms with Crippen LogP contribution in [0, 0.1) is 24.3 Å². The van der Waals surface area contributed by atoms with E-state index in [1.54, 1.807) is 0 Å². The molecule has 0 saturated heterocycles. The van der Waals surface area contributed by atoms with Gasteiger partial charge < -0.3 is 5.73 Å². The molecule has 0 spiro atoms. The molecule has 2 aromatic rings. The molecule has 0 bridgehead atoms. The summed E-state index contributed by atoms with van der Waals surface area (Å²) in [6.45, 7) is 6.21. The maximum Gasteiger partial charge on any atom is 0.0783 e. The molecule has 0 aliphatic rings. The van der Waals surface area contributed by atoms with E-state index in [0.29, 0.717) is 0 Å². The number of benzene rings is 1. The van der Waals surface area contributed by atoms with Crippen LogP contribution in [-0.2, 0) is 0 Å². The highest BCUT2D eigenvalue weighted by atomic mass is 127. The van der Waals surface area contributed by atoms with Crippen molar-refractivity contribution in [2.75, 3.05) is 5.73 Å². The molecule has 0 aliphatic heterocycles. The Morgan fingerprint density at radius 3 is 2.44 bits per heavy atom. The maximum absolute atomic E-state index is 5.74. The second-order valence-electron chi connectivity index (χ2n) is 3.92. The second-order valence-corrected chi connectivity index (χ2v) is 5.08. The number of nitrogen functional groups attached to an aromatic ring is 1. The summed E-state index contributed by atoms with van der Waals surface area (Å²) in [5.41, 5.74) is 11.1. The van der Waals surface area contributed by atoms with Crippen molar-refractivity contribution in [1.29, 1.82) is 0 Å². The van der Waals surface area contributed by atoms with Crippen molar-refractivity contribution in [2.45, 2.75) is 20.8 Å². The molecule has 2 N–H and O–H groups in total. The van der Waals surface area contributed by atoms with Crippen LogP contribution in [0.4, 0.5) is 5.69 Å². The molecule has 0 atom stereocenters. The molecule has 0 amide bonds. The molecule has 1 aromatic carbocycles. The first-order valence-corrected chi connectivity index (χ1v) is 6.17. The summed E-state index contributed by atoms with van der Waals surface area (Å²) in [5, 5.41) is 4.54. The normalized spacial score (nSPS) is 10.8. The highest BCUT2D eigenvalue weighted by Crippen LogP contribution is 2.23. The van der Waals surface area contributed by atoms with Crippen LogP contribution < -0.4 is 5.73 Å². The van der Waals surface area contributed by atoms with Crippen LogP contribution >= 0.6 is 22.6 Å². The first kappa shape index (κ1) is 11.4. The Morgan fingerprint density at radius 1 is 1.25 bits per heavy atom. The van der Waals surface area contributed by atoms with Crippen molar-refractivity contribution in [3.63, 3.8) is 0 Å². The average Bonchev–Trinajstić information content (AvgIpc) is 2.46. The lowest BCUT2D eigenvalue weighted by atomic mass is 10.2. The van der Waals surface area contributed by atoms with Gasteiger partial charge in [-0.25, -0.2) is 4.68 Å². The molecule has 0 saturated carbocycles. The highest BCUT2D eigenvalue weighted by Gasteiger charge is 2.11. The highest BCUT2D eigenvalue weighted by molar-refractivity contribution is 14.1. The summed E-state index contributed by atoms with van der Waals surface area (Å²) in [7, 11) is 0. The summed E-state index contributed by atoms with van der Waals surface area (Å²) in [6, 6.07) is 5.88. The van der Waals surface area contributed by atoms with Crippen LogP contribution in [0.1, 0.15) is 17.0 Å². The summed E-state index contributed by atoms with van der Waals surface area (Å²) >= 11 is 2.29. The molecular formula is C12H14IN3. The largest absolute Gasteiger partial charge is 0.399 e. The van der Waals surface area contributed by atoms with E-state index in [1.165, 1.54) is 11.3 Å². The number of rotatable bonds is 1. The molecule has 1 heterocycles. The molecule has 3 nitrogen and oxygen atoms in total. The molecule has 1 aromatic heterocycles. The molecule has 0 aliphatic carbocycles. The molecule has 4 heteroatoms. The number of aromatic nitrogens is 2.